The first-order chi connectivity index (χ1) is 11.8. The van der Waals surface area contributed by atoms with Gasteiger partial charge in [-0.1, -0.05) is 12.1 Å². The Morgan fingerprint density at radius 3 is 2.29 bits per heavy atom. The molecule has 0 amide bonds. The Hall–Kier alpha value is -1.79. The van der Waals surface area contributed by atoms with Crippen molar-refractivity contribution in [3.8, 4) is 5.75 Å². The molecule has 1 aromatic carbocycles. The highest BCUT2D eigenvalue weighted by Crippen LogP contribution is 2.12. The molecular formula is C18H31N3O3. The second kappa shape index (κ2) is 13.6. The SMILES string of the molecule is CN=C(NCCCOCCOC)NCCCc1ccc(OC)cc1. The number of nitrogens with one attached hydrogen (secondary N) is 2. The fourth-order valence-electron chi connectivity index (χ4n) is 2.14. The molecule has 6 heteroatoms. The molecule has 0 fully saturated rings. The van der Waals surface area contributed by atoms with Gasteiger partial charge in [0, 0.05) is 33.9 Å². The maximum absolute atomic E-state index is 5.42. The van der Waals surface area contributed by atoms with Crippen LogP contribution in [0.2, 0.25) is 0 Å². The molecule has 1 rings (SSSR count). The molecule has 0 saturated carbocycles. The normalized spacial score (nSPS) is 11.4. The molecule has 0 saturated heterocycles. The smallest absolute Gasteiger partial charge is 0.190 e. The number of aliphatic imine (C=N–C) groups is 1. The number of benzene rings is 1. The summed E-state index contributed by atoms with van der Waals surface area (Å²) in [5, 5.41) is 6.61. The summed E-state index contributed by atoms with van der Waals surface area (Å²) in [6.07, 6.45) is 3.02. The first-order valence-corrected chi connectivity index (χ1v) is 8.44. The minimum atomic E-state index is 0.644. The fourth-order valence-corrected chi connectivity index (χ4v) is 2.14. The average Bonchev–Trinajstić information content (AvgIpc) is 2.63. The van der Waals surface area contributed by atoms with Crippen molar-refractivity contribution in [3.05, 3.63) is 29.8 Å². The van der Waals surface area contributed by atoms with Crippen molar-refractivity contribution >= 4 is 5.96 Å². The zero-order valence-electron chi connectivity index (χ0n) is 15.1. The highest BCUT2D eigenvalue weighted by Gasteiger charge is 1.98. The monoisotopic (exact) mass is 337 g/mol. The number of guanidine groups is 1. The van der Waals surface area contributed by atoms with Gasteiger partial charge in [0.1, 0.15) is 5.75 Å². The van der Waals surface area contributed by atoms with Crippen molar-refractivity contribution in [3.63, 3.8) is 0 Å². The average molecular weight is 337 g/mol. The third kappa shape index (κ3) is 9.37. The van der Waals surface area contributed by atoms with Gasteiger partial charge in [-0.05, 0) is 37.0 Å². The Kier molecular flexibility index (Phi) is 11.5. The van der Waals surface area contributed by atoms with Gasteiger partial charge in [0.05, 0.1) is 20.3 Å². The van der Waals surface area contributed by atoms with Crippen molar-refractivity contribution < 1.29 is 14.2 Å². The molecule has 0 aliphatic rings. The predicted octanol–water partition coefficient (Wildman–Crippen LogP) is 1.85. The van der Waals surface area contributed by atoms with E-state index in [0.717, 1.165) is 50.7 Å². The molecule has 1 aromatic rings. The maximum Gasteiger partial charge on any atom is 0.190 e. The van der Waals surface area contributed by atoms with Gasteiger partial charge in [-0.15, -0.1) is 0 Å². The van der Waals surface area contributed by atoms with Crippen molar-refractivity contribution in [1.29, 1.82) is 0 Å². The van der Waals surface area contributed by atoms with E-state index in [1.165, 1.54) is 5.56 Å². The molecule has 0 radical (unpaired) electrons. The zero-order chi connectivity index (χ0) is 17.5. The summed E-state index contributed by atoms with van der Waals surface area (Å²) in [5.74, 6) is 1.73. The number of aryl methyl sites for hydroxylation is 1. The van der Waals surface area contributed by atoms with Crippen LogP contribution < -0.4 is 15.4 Å². The summed E-state index contributed by atoms with van der Waals surface area (Å²) < 4.78 is 15.5. The quantitative estimate of drug-likeness (QED) is 0.346. The van der Waals surface area contributed by atoms with Crippen LogP contribution in [-0.4, -0.2) is 60.1 Å². The maximum atomic E-state index is 5.42. The van der Waals surface area contributed by atoms with Gasteiger partial charge in [-0.3, -0.25) is 4.99 Å². The van der Waals surface area contributed by atoms with E-state index in [2.05, 4.69) is 27.8 Å². The number of rotatable bonds is 12. The molecule has 0 atom stereocenters. The zero-order valence-corrected chi connectivity index (χ0v) is 15.1. The largest absolute Gasteiger partial charge is 0.497 e. The minimum absolute atomic E-state index is 0.644. The molecule has 24 heavy (non-hydrogen) atoms. The number of hydrogen-bond donors (Lipinski definition) is 2. The summed E-state index contributed by atoms with van der Waals surface area (Å²) in [5.41, 5.74) is 1.31. The second-order valence-electron chi connectivity index (χ2n) is 5.34. The molecule has 136 valence electrons. The van der Waals surface area contributed by atoms with Crippen LogP contribution in [0.5, 0.6) is 5.75 Å². The van der Waals surface area contributed by atoms with E-state index in [1.807, 2.05) is 12.1 Å². The third-order valence-corrected chi connectivity index (χ3v) is 3.51. The highest BCUT2D eigenvalue weighted by molar-refractivity contribution is 5.79. The third-order valence-electron chi connectivity index (χ3n) is 3.51. The van der Waals surface area contributed by atoms with Crippen molar-refractivity contribution in [2.45, 2.75) is 19.3 Å². The predicted molar refractivity (Wildman–Crippen MR) is 98.0 cm³/mol. The lowest BCUT2D eigenvalue weighted by Crippen LogP contribution is -2.38. The lowest BCUT2D eigenvalue weighted by molar-refractivity contribution is 0.0698. The standard InChI is InChI=1S/C18H31N3O3/c1-19-18(21-12-5-13-24-15-14-22-2)20-11-4-6-16-7-9-17(23-3)10-8-16/h7-10H,4-6,11-15H2,1-3H3,(H2,19,20,21). The Morgan fingerprint density at radius 1 is 0.958 bits per heavy atom. The van der Waals surface area contributed by atoms with E-state index in [0.29, 0.717) is 13.2 Å². The van der Waals surface area contributed by atoms with Crippen LogP contribution in [0.15, 0.2) is 29.3 Å². The highest BCUT2D eigenvalue weighted by atomic mass is 16.5. The Labute approximate surface area is 145 Å². The second-order valence-corrected chi connectivity index (χ2v) is 5.34. The molecule has 6 nitrogen and oxygen atoms in total. The van der Waals surface area contributed by atoms with Crippen molar-refractivity contribution in [2.75, 3.05) is 54.2 Å². The van der Waals surface area contributed by atoms with Gasteiger partial charge in [0.2, 0.25) is 0 Å². The molecule has 0 bridgehead atoms. The summed E-state index contributed by atoms with van der Waals surface area (Å²) in [6.45, 7) is 3.74. The van der Waals surface area contributed by atoms with E-state index >= 15 is 0 Å². The van der Waals surface area contributed by atoms with Crippen LogP contribution >= 0.6 is 0 Å². The van der Waals surface area contributed by atoms with Crippen LogP contribution in [-0.2, 0) is 15.9 Å². The molecule has 0 unspecified atom stereocenters. The summed E-state index contributed by atoms with van der Waals surface area (Å²) in [7, 11) is 5.15. The molecule has 0 aliphatic carbocycles. The summed E-state index contributed by atoms with van der Waals surface area (Å²) >= 11 is 0. The lowest BCUT2D eigenvalue weighted by Gasteiger charge is -2.12. The molecule has 0 heterocycles. The van der Waals surface area contributed by atoms with Crippen LogP contribution in [0.3, 0.4) is 0 Å². The van der Waals surface area contributed by atoms with Gasteiger partial charge in [-0.2, -0.15) is 0 Å². The summed E-state index contributed by atoms with van der Waals surface area (Å²) in [6, 6.07) is 8.21. The Morgan fingerprint density at radius 2 is 1.67 bits per heavy atom. The van der Waals surface area contributed by atoms with Crippen LogP contribution in [0.25, 0.3) is 0 Å². The van der Waals surface area contributed by atoms with E-state index < -0.39 is 0 Å². The van der Waals surface area contributed by atoms with Crippen molar-refractivity contribution in [2.24, 2.45) is 4.99 Å². The Balaban J connectivity index is 2.06. The molecule has 0 aromatic heterocycles. The van der Waals surface area contributed by atoms with Crippen LogP contribution in [0, 0.1) is 0 Å². The fraction of sp³-hybridized carbons (Fsp3) is 0.611. The Bertz CT molecular complexity index is 449. The molecule has 2 N–H and O–H groups in total. The van der Waals surface area contributed by atoms with Crippen LogP contribution in [0.4, 0.5) is 0 Å². The first kappa shape index (κ1) is 20.3. The van der Waals surface area contributed by atoms with Gasteiger partial charge < -0.3 is 24.8 Å². The van der Waals surface area contributed by atoms with Gasteiger partial charge in [0.25, 0.3) is 0 Å². The summed E-state index contributed by atoms with van der Waals surface area (Å²) in [4.78, 5) is 4.22. The molecule has 0 aliphatic heterocycles. The minimum Gasteiger partial charge on any atom is -0.497 e. The van der Waals surface area contributed by atoms with Gasteiger partial charge in [0.15, 0.2) is 5.96 Å². The van der Waals surface area contributed by atoms with E-state index in [4.69, 9.17) is 14.2 Å². The van der Waals surface area contributed by atoms with Gasteiger partial charge in [-0.25, -0.2) is 0 Å². The lowest BCUT2D eigenvalue weighted by atomic mass is 10.1. The molecule has 0 spiro atoms. The number of ether oxygens (including phenoxy) is 3. The van der Waals surface area contributed by atoms with Crippen LogP contribution in [0.1, 0.15) is 18.4 Å². The van der Waals surface area contributed by atoms with E-state index in [9.17, 15) is 0 Å². The number of methoxy groups -OCH3 is 2. The number of hydrogen-bond acceptors (Lipinski definition) is 4. The topological polar surface area (TPSA) is 64.1 Å². The molecular weight excluding hydrogens is 306 g/mol. The number of nitrogens with zero attached hydrogens (tertiary/aromatic N) is 1. The van der Waals surface area contributed by atoms with Gasteiger partial charge >= 0.3 is 0 Å². The van der Waals surface area contributed by atoms with Crippen molar-refractivity contribution in [1.82, 2.24) is 10.6 Å². The van der Waals surface area contributed by atoms with E-state index in [1.54, 1.807) is 21.3 Å². The first-order valence-electron chi connectivity index (χ1n) is 8.44. The van der Waals surface area contributed by atoms with E-state index in [-0.39, 0.29) is 0 Å².